The van der Waals surface area contributed by atoms with E-state index < -0.39 is 0 Å². The minimum Gasteiger partial charge on any atom is -0.467 e. The molecule has 0 aliphatic rings. The van der Waals surface area contributed by atoms with Crippen molar-refractivity contribution < 1.29 is 9.21 Å². The standard InChI is InChI=1S/C13H12N6O2/c20-12(16-7-9-2-1-5-21-9)6-11-17-13(19-18-11)10-8-14-3-4-15-10/h1-5,8H,6-7H2,(H,16,20)(H,17,18,19). The summed E-state index contributed by atoms with van der Waals surface area (Å²) in [6, 6.07) is 3.56. The van der Waals surface area contributed by atoms with Crippen molar-refractivity contribution in [2.45, 2.75) is 13.0 Å². The van der Waals surface area contributed by atoms with Crippen LogP contribution in [0.25, 0.3) is 11.5 Å². The lowest BCUT2D eigenvalue weighted by atomic mass is 10.3. The molecule has 0 unspecified atom stereocenters. The first kappa shape index (κ1) is 13.0. The summed E-state index contributed by atoms with van der Waals surface area (Å²) in [4.78, 5) is 24.0. The van der Waals surface area contributed by atoms with Crippen molar-refractivity contribution >= 4 is 5.91 Å². The number of hydrogen-bond donors (Lipinski definition) is 2. The number of amides is 1. The summed E-state index contributed by atoms with van der Waals surface area (Å²) in [6.45, 7) is 0.344. The predicted octanol–water partition coefficient (Wildman–Crippen LogP) is 0.714. The zero-order valence-corrected chi connectivity index (χ0v) is 11.0. The highest BCUT2D eigenvalue weighted by Crippen LogP contribution is 2.09. The van der Waals surface area contributed by atoms with Gasteiger partial charge in [0.05, 0.1) is 25.4 Å². The molecule has 0 aliphatic heterocycles. The van der Waals surface area contributed by atoms with Crippen LogP contribution in [0.1, 0.15) is 11.6 Å². The molecular weight excluding hydrogens is 272 g/mol. The van der Waals surface area contributed by atoms with Crippen LogP contribution in [0, 0.1) is 0 Å². The van der Waals surface area contributed by atoms with Crippen molar-refractivity contribution in [2.24, 2.45) is 0 Å². The average Bonchev–Trinajstić information content (AvgIpc) is 3.17. The largest absolute Gasteiger partial charge is 0.467 e. The Morgan fingerprint density at radius 3 is 3.10 bits per heavy atom. The van der Waals surface area contributed by atoms with Gasteiger partial charge in [0.15, 0.2) is 0 Å². The van der Waals surface area contributed by atoms with E-state index >= 15 is 0 Å². The van der Waals surface area contributed by atoms with Gasteiger partial charge in [0.2, 0.25) is 11.7 Å². The van der Waals surface area contributed by atoms with Gasteiger partial charge in [0, 0.05) is 12.4 Å². The maximum atomic E-state index is 11.8. The third-order valence-corrected chi connectivity index (χ3v) is 2.69. The quantitative estimate of drug-likeness (QED) is 0.714. The fourth-order valence-corrected chi connectivity index (χ4v) is 1.72. The highest BCUT2D eigenvalue weighted by Gasteiger charge is 2.11. The maximum Gasteiger partial charge on any atom is 0.228 e. The molecule has 0 bridgehead atoms. The van der Waals surface area contributed by atoms with Crippen LogP contribution in [0.3, 0.4) is 0 Å². The van der Waals surface area contributed by atoms with Crippen LogP contribution in [0.4, 0.5) is 0 Å². The van der Waals surface area contributed by atoms with Gasteiger partial charge in [-0.3, -0.25) is 14.9 Å². The van der Waals surface area contributed by atoms with Gasteiger partial charge in [-0.2, -0.15) is 5.10 Å². The first-order valence-electron chi connectivity index (χ1n) is 6.28. The molecule has 8 heteroatoms. The second kappa shape index (κ2) is 5.95. The van der Waals surface area contributed by atoms with E-state index in [4.69, 9.17) is 4.42 Å². The lowest BCUT2D eigenvalue weighted by molar-refractivity contribution is -0.120. The number of carbonyl (C=O) groups is 1. The Morgan fingerprint density at radius 1 is 1.38 bits per heavy atom. The van der Waals surface area contributed by atoms with Gasteiger partial charge in [-0.1, -0.05) is 0 Å². The van der Waals surface area contributed by atoms with Crippen LogP contribution in [0.2, 0.25) is 0 Å². The molecule has 0 aliphatic carbocycles. The normalized spacial score (nSPS) is 10.5. The topological polar surface area (TPSA) is 110 Å². The van der Waals surface area contributed by atoms with Crippen molar-refractivity contribution in [2.75, 3.05) is 0 Å². The number of nitrogens with one attached hydrogen (secondary N) is 2. The fraction of sp³-hybridized carbons (Fsp3) is 0.154. The smallest absolute Gasteiger partial charge is 0.228 e. The minimum absolute atomic E-state index is 0.105. The van der Waals surface area contributed by atoms with Crippen molar-refractivity contribution in [3.8, 4) is 11.5 Å². The molecule has 21 heavy (non-hydrogen) atoms. The van der Waals surface area contributed by atoms with E-state index in [2.05, 4.69) is 30.5 Å². The summed E-state index contributed by atoms with van der Waals surface area (Å²) in [6.07, 6.45) is 6.35. The predicted molar refractivity (Wildman–Crippen MR) is 71.7 cm³/mol. The molecule has 0 radical (unpaired) electrons. The summed E-state index contributed by atoms with van der Waals surface area (Å²) in [5.41, 5.74) is 0.552. The highest BCUT2D eigenvalue weighted by atomic mass is 16.3. The Hall–Kier alpha value is -3.03. The van der Waals surface area contributed by atoms with Gasteiger partial charge >= 0.3 is 0 Å². The Morgan fingerprint density at radius 2 is 2.33 bits per heavy atom. The summed E-state index contributed by atoms with van der Waals surface area (Å²) in [7, 11) is 0. The number of carbonyl (C=O) groups excluding carboxylic acids is 1. The summed E-state index contributed by atoms with van der Waals surface area (Å²) >= 11 is 0. The second-order valence-corrected chi connectivity index (χ2v) is 4.23. The third-order valence-electron chi connectivity index (χ3n) is 2.69. The molecule has 2 N–H and O–H groups in total. The molecular formula is C13H12N6O2. The zero-order chi connectivity index (χ0) is 14.5. The van der Waals surface area contributed by atoms with Crippen LogP contribution in [-0.2, 0) is 17.8 Å². The summed E-state index contributed by atoms with van der Waals surface area (Å²) < 4.78 is 5.13. The number of aromatic nitrogens is 5. The van der Waals surface area contributed by atoms with E-state index in [1.807, 2.05) is 0 Å². The van der Waals surface area contributed by atoms with E-state index in [0.29, 0.717) is 29.6 Å². The molecule has 3 aromatic rings. The first-order valence-corrected chi connectivity index (χ1v) is 6.28. The summed E-state index contributed by atoms with van der Waals surface area (Å²) in [5, 5.41) is 9.46. The second-order valence-electron chi connectivity index (χ2n) is 4.23. The molecule has 3 aromatic heterocycles. The van der Waals surface area contributed by atoms with Crippen molar-refractivity contribution in [3.05, 3.63) is 48.6 Å². The van der Waals surface area contributed by atoms with Crippen molar-refractivity contribution in [1.82, 2.24) is 30.5 Å². The Labute approximate surface area is 119 Å². The Kier molecular flexibility index (Phi) is 3.68. The van der Waals surface area contributed by atoms with Crippen LogP contribution >= 0.6 is 0 Å². The van der Waals surface area contributed by atoms with Crippen LogP contribution in [-0.4, -0.2) is 31.1 Å². The number of aromatic amines is 1. The monoisotopic (exact) mass is 284 g/mol. The van der Waals surface area contributed by atoms with E-state index in [1.165, 1.54) is 0 Å². The van der Waals surface area contributed by atoms with Crippen LogP contribution in [0.15, 0.2) is 41.4 Å². The Bertz CT molecular complexity index is 707. The Balaban J connectivity index is 1.58. The molecule has 0 aromatic carbocycles. The van der Waals surface area contributed by atoms with Gasteiger partial charge in [0.25, 0.3) is 0 Å². The first-order chi connectivity index (χ1) is 10.3. The number of H-pyrrole nitrogens is 1. The van der Waals surface area contributed by atoms with Gasteiger partial charge < -0.3 is 9.73 Å². The number of nitrogens with zero attached hydrogens (tertiary/aromatic N) is 4. The van der Waals surface area contributed by atoms with Gasteiger partial charge in [0.1, 0.15) is 17.3 Å². The zero-order valence-electron chi connectivity index (χ0n) is 11.0. The van der Waals surface area contributed by atoms with E-state index in [9.17, 15) is 4.79 Å². The van der Waals surface area contributed by atoms with E-state index in [-0.39, 0.29) is 12.3 Å². The van der Waals surface area contributed by atoms with Crippen molar-refractivity contribution in [1.29, 1.82) is 0 Å². The minimum atomic E-state index is -0.173. The summed E-state index contributed by atoms with van der Waals surface area (Å²) in [5.74, 6) is 1.40. The van der Waals surface area contributed by atoms with Gasteiger partial charge in [-0.25, -0.2) is 9.97 Å². The van der Waals surface area contributed by atoms with Crippen LogP contribution in [0.5, 0.6) is 0 Å². The highest BCUT2D eigenvalue weighted by molar-refractivity contribution is 5.77. The molecule has 3 heterocycles. The van der Waals surface area contributed by atoms with Gasteiger partial charge in [-0.05, 0) is 12.1 Å². The molecule has 3 rings (SSSR count). The average molecular weight is 284 g/mol. The molecule has 0 atom stereocenters. The van der Waals surface area contributed by atoms with E-state index in [0.717, 1.165) is 0 Å². The van der Waals surface area contributed by atoms with E-state index in [1.54, 1.807) is 37.0 Å². The third kappa shape index (κ3) is 3.30. The molecule has 0 saturated heterocycles. The molecule has 8 nitrogen and oxygen atoms in total. The molecule has 1 amide bonds. The number of furan rings is 1. The van der Waals surface area contributed by atoms with Crippen LogP contribution < -0.4 is 5.32 Å². The fourth-order valence-electron chi connectivity index (χ4n) is 1.72. The lowest BCUT2D eigenvalue weighted by Gasteiger charge is -2.00. The molecule has 106 valence electrons. The molecule has 0 saturated carbocycles. The lowest BCUT2D eigenvalue weighted by Crippen LogP contribution is -2.24. The SMILES string of the molecule is O=C(Cc1nc(-c2cnccn2)n[nH]1)NCc1ccco1. The van der Waals surface area contributed by atoms with Gasteiger partial charge in [-0.15, -0.1) is 0 Å². The molecule has 0 fully saturated rings. The maximum absolute atomic E-state index is 11.8. The molecule has 0 spiro atoms. The van der Waals surface area contributed by atoms with Crippen molar-refractivity contribution in [3.63, 3.8) is 0 Å². The number of rotatable bonds is 5. The number of hydrogen-bond acceptors (Lipinski definition) is 6.